The number of carbonyl (C=O) groups is 2. The maximum Gasteiger partial charge on any atom is 0.407 e. The van der Waals surface area contributed by atoms with Crippen LogP contribution in [0.3, 0.4) is 0 Å². The third kappa shape index (κ3) is 5.48. The molecule has 1 fully saturated rings. The smallest absolute Gasteiger partial charge is 0.407 e. The molecule has 0 radical (unpaired) electrons. The molecule has 10 nitrogen and oxygen atoms in total. The molecule has 3 heterocycles. The highest BCUT2D eigenvalue weighted by Gasteiger charge is 2.32. The van der Waals surface area contributed by atoms with Crippen molar-refractivity contribution in [3.63, 3.8) is 0 Å². The lowest BCUT2D eigenvalue weighted by Gasteiger charge is -2.38. The lowest BCUT2D eigenvalue weighted by atomic mass is 10.1. The van der Waals surface area contributed by atoms with E-state index in [0.29, 0.717) is 43.2 Å². The number of hydrogen-bond acceptors (Lipinski definition) is 7. The molecule has 0 aliphatic carbocycles. The number of rotatable bonds is 9. The summed E-state index contributed by atoms with van der Waals surface area (Å²) in [6, 6.07) is 5.99. The quantitative estimate of drug-likeness (QED) is 0.373. The normalized spacial score (nSPS) is 17.1. The van der Waals surface area contributed by atoms with Crippen molar-refractivity contribution in [2.75, 3.05) is 32.1 Å². The number of aromatic nitrogens is 1. The number of nitrogens with zero attached hydrogens (tertiary/aromatic N) is 2. The van der Waals surface area contributed by atoms with Gasteiger partial charge in [-0.1, -0.05) is 18.3 Å². The molecule has 2 aliphatic heterocycles. The molecule has 1 atom stereocenters. The van der Waals surface area contributed by atoms with Crippen molar-refractivity contribution in [3.8, 4) is 11.5 Å². The fourth-order valence-corrected chi connectivity index (χ4v) is 4.33. The van der Waals surface area contributed by atoms with Crippen molar-refractivity contribution < 1.29 is 28.6 Å². The average molecular weight is 516 g/mol. The molecule has 36 heavy (non-hydrogen) atoms. The highest BCUT2D eigenvalue weighted by Crippen LogP contribution is 2.29. The number of carbonyl (C=O) groups excluding carboxylic acids is 1. The molecule has 4 N–H and O–H groups in total. The molecule has 0 saturated carbocycles. The Morgan fingerprint density at radius 3 is 2.94 bits per heavy atom. The van der Waals surface area contributed by atoms with E-state index in [9.17, 15) is 19.1 Å². The maximum absolute atomic E-state index is 14.1. The van der Waals surface area contributed by atoms with Gasteiger partial charge in [-0.05, 0) is 24.6 Å². The Balaban J connectivity index is 1.48. The number of para-hydroxylation sites is 1. The summed E-state index contributed by atoms with van der Waals surface area (Å²) in [5, 5.41) is 18.2. The van der Waals surface area contributed by atoms with E-state index < -0.39 is 11.9 Å². The van der Waals surface area contributed by atoms with E-state index in [1.165, 1.54) is 24.1 Å². The minimum Gasteiger partial charge on any atom is -0.492 e. The van der Waals surface area contributed by atoms with Crippen LogP contribution in [0.2, 0.25) is 0 Å². The zero-order valence-corrected chi connectivity index (χ0v) is 20.4. The van der Waals surface area contributed by atoms with Gasteiger partial charge in [0, 0.05) is 43.5 Å². The van der Waals surface area contributed by atoms with Crippen molar-refractivity contribution in [2.24, 2.45) is 0 Å². The molecule has 0 bridgehead atoms. The molecule has 2 aliphatic rings. The topological polar surface area (TPSA) is 125 Å². The zero-order valence-electron chi connectivity index (χ0n) is 19.5. The number of hydrogen-bond donors (Lipinski definition) is 4. The Bertz CT molecular complexity index is 1210. The number of carboxylic acid groups (broad SMARTS) is 1. The van der Waals surface area contributed by atoms with E-state index in [1.807, 2.05) is 0 Å². The number of thiocarbonyl (C=S) groups is 1. The monoisotopic (exact) mass is 515 g/mol. The van der Waals surface area contributed by atoms with Gasteiger partial charge in [0.1, 0.15) is 17.3 Å². The SMILES string of the molecule is COc1c(F)cccc1NC(=S)C1=C(NCc2ccncc2OC[C@H]2CCN2C(=O)O)CCNC1=O. The van der Waals surface area contributed by atoms with Crippen LogP contribution < -0.4 is 25.4 Å². The van der Waals surface area contributed by atoms with Crippen molar-refractivity contribution in [3.05, 3.63) is 59.3 Å². The summed E-state index contributed by atoms with van der Waals surface area (Å²) in [6.45, 7) is 1.48. The van der Waals surface area contributed by atoms with Crippen LogP contribution in [-0.4, -0.2) is 64.8 Å². The second-order valence-electron chi connectivity index (χ2n) is 8.20. The predicted octanol–water partition coefficient (Wildman–Crippen LogP) is 2.66. The van der Waals surface area contributed by atoms with E-state index in [2.05, 4.69) is 20.9 Å². The summed E-state index contributed by atoms with van der Waals surface area (Å²) in [5.74, 6) is -0.376. The van der Waals surface area contributed by atoms with Gasteiger partial charge in [-0.3, -0.25) is 9.78 Å². The Kier molecular flexibility index (Phi) is 7.84. The number of halogens is 1. The van der Waals surface area contributed by atoms with Gasteiger partial charge in [-0.25, -0.2) is 9.18 Å². The molecule has 0 unspecified atom stereocenters. The molecule has 12 heteroatoms. The molecule has 1 aromatic carbocycles. The van der Waals surface area contributed by atoms with Crippen LogP contribution in [0.15, 0.2) is 47.9 Å². The first-order chi connectivity index (χ1) is 17.4. The van der Waals surface area contributed by atoms with Crippen molar-refractivity contribution in [1.82, 2.24) is 20.5 Å². The first kappa shape index (κ1) is 25.2. The number of benzene rings is 1. The number of pyridine rings is 1. The lowest BCUT2D eigenvalue weighted by molar-refractivity contribution is -0.117. The highest BCUT2D eigenvalue weighted by molar-refractivity contribution is 7.81. The minimum atomic E-state index is -0.960. The van der Waals surface area contributed by atoms with E-state index in [0.717, 1.165) is 12.0 Å². The largest absolute Gasteiger partial charge is 0.492 e. The molecule has 0 spiro atoms. The summed E-state index contributed by atoms with van der Waals surface area (Å²) in [7, 11) is 1.35. The number of ether oxygens (including phenoxy) is 2. The van der Waals surface area contributed by atoms with Crippen LogP contribution in [0.25, 0.3) is 0 Å². The predicted molar refractivity (Wildman–Crippen MR) is 134 cm³/mol. The van der Waals surface area contributed by atoms with Gasteiger partial charge in [0.2, 0.25) is 0 Å². The molecule has 2 amide bonds. The summed E-state index contributed by atoms with van der Waals surface area (Å²) >= 11 is 5.50. The van der Waals surface area contributed by atoms with E-state index >= 15 is 0 Å². The third-order valence-electron chi connectivity index (χ3n) is 6.02. The maximum atomic E-state index is 14.1. The summed E-state index contributed by atoms with van der Waals surface area (Å²) < 4.78 is 25.1. The average Bonchev–Trinajstić information content (AvgIpc) is 2.82. The summed E-state index contributed by atoms with van der Waals surface area (Å²) in [5.41, 5.74) is 1.98. The summed E-state index contributed by atoms with van der Waals surface area (Å²) in [6.07, 6.45) is 3.50. The molecule has 4 rings (SSSR count). The number of likely N-dealkylation sites (tertiary alicyclic amines) is 1. The van der Waals surface area contributed by atoms with Gasteiger partial charge in [0.25, 0.3) is 5.91 Å². The number of nitrogens with one attached hydrogen (secondary N) is 3. The molecular weight excluding hydrogens is 489 g/mol. The number of methoxy groups -OCH3 is 1. The van der Waals surface area contributed by atoms with Crippen LogP contribution in [0, 0.1) is 5.82 Å². The number of anilines is 1. The second-order valence-corrected chi connectivity index (χ2v) is 8.61. The summed E-state index contributed by atoms with van der Waals surface area (Å²) in [4.78, 5) is 29.5. The van der Waals surface area contributed by atoms with Crippen LogP contribution in [0.4, 0.5) is 14.9 Å². The van der Waals surface area contributed by atoms with Crippen LogP contribution >= 0.6 is 12.2 Å². The number of amides is 2. The van der Waals surface area contributed by atoms with Gasteiger partial charge >= 0.3 is 6.09 Å². The first-order valence-corrected chi connectivity index (χ1v) is 11.7. The van der Waals surface area contributed by atoms with Gasteiger partial charge in [-0.15, -0.1) is 0 Å². The molecule has 190 valence electrons. The van der Waals surface area contributed by atoms with Crippen molar-refractivity contribution in [1.29, 1.82) is 0 Å². The molecule has 1 aromatic heterocycles. The minimum absolute atomic E-state index is 0.00215. The van der Waals surface area contributed by atoms with E-state index in [1.54, 1.807) is 24.5 Å². The van der Waals surface area contributed by atoms with Crippen LogP contribution in [0.5, 0.6) is 11.5 Å². The fraction of sp³-hybridized carbons (Fsp3) is 0.333. The van der Waals surface area contributed by atoms with E-state index in [4.69, 9.17) is 21.7 Å². The second kappa shape index (κ2) is 11.2. The van der Waals surface area contributed by atoms with Gasteiger partial charge < -0.3 is 35.4 Å². The Morgan fingerprint density at radius 1 is 1.39 bits per heavy atom. The van der Waals surface area contributed by atoms with Crippen molar-refractivity contribution in [2.45, 2.75) is 25.4 Å². The van der Waals surface area contributed by atoms with Crippen LogP contribution in [0.1, 0.15) is 18.4 Å². The van der Waals surface area contributed by atoms with Gasteiger partial charge in [0.15, 0.2) is 11.6 Å². The third-order valence-corrected chi connectivity index (χ3v) is 6.33. The van der Waals surface area contributed by atoms with E-state index in [-0.39, 0.29) is 34.9 Å². The Morgan fingerprint density at radius 2 is 2.22 bits per heavy atom. The van der Waals surface area contributed by atoms with Gasteiger partial charge in [-0.2, -0.15) is 0 Å². The Labute approximate surface area is 212 Å². The standard InChI is InChI=1S/C24H26FN5O5S/c1-34-21-16(25)3-2-4-18(21)29-23(36)20-17(6-9-27-22(20)31)28-11-14-5-8-26-12-19(14)35-13-15-7-10-30(15)24(32)33/h2-5,8,12,15,28H,6-7,9-11,13H2,1H3,(H,27,31)(H,29,36)(H,32,33)/t15-/m1/s1. The lowest BCUT2D eigenvalue weighted by Crippen LogP contribution is -2.53. The highest BCUT2D eigenvalue weighted by atomic mass is 32.1. The zero-order chi connectivity index (χ0) is 25.7. The van der Waals surface area contributed by atoms with Crippen LogP contribution in [-0.2, 0) is 11.3 Å². The van der Waals surface area contributed by atoms with Crippen molar-refractivity contribution >= 4 is 34.9 Å². The Hall–Kier alpha value is -3.93. The fourth-order valence-electron chi connectivity index (χ4n) is 4.01. The molecular formula is C24H26FN5O5S. The van der Waals surface area contributed by atoms with Gasteiger partial charge in [0.05, 0.1) is 30.6 Å². The molecule has 1 saturated heterocycles. The molecule has 2 aromatic rings. The first-order valence-electron chi connectivity index (χ1n) is 11.3.